The number of nitrogens with zero attached hydrogens (tertiary/aromatic N) is 1. The zero-order valence-corrected chi connectivity index (χ0v) is 8.84. The van der Waals surface area contributed by atoms with Gasteiger partial charge in [0.2, 0.25) is 0 Å². The topological polar surface area (TPSA) is 15.3 Å². The Morgan fingerprint density at radius 2 is 2.07 bits per heavy atom. The van der Waals surface area contributed by atoms with Gasteiger partial charge in [0.15, 0.2) is 0 Å². The first kappa shape index (κ1) is 10.4. The Morgan fingerprint density at radius 1 is 1.14 bits per heavy atom. The third-order valence-corrected chi connectivity index (χ3v) is 3.39. The molecular formula is C11H21FN2. The van der Waals surface area contributed by atoms with Crippen LogP contribution >= 0.6 is 0 Å². The highest BCUT2D eigenvalue weighted by Crippen LogP contribution is 2.15. The minimum Gasteiger partial charge on any atom is -0.313 e. The molecule has 0 bridgehead atoms. The Morgan fingerprint density at radius 3 is 2.86 bits per heavy atom. The molecule has 0 saturated carbocycles. The molecule has 0 amide bonds. The van der Waals surface area contributed by atoms with Crippen LogP contribution in [-0.4, -0.2) is 43.3 Å². The Balaban J connectivity index is 1.73. The third-order valence-electron chi connectivity index (χ3n) is 3.39. The first-order chi connectivity index (χ1) is 6.84. The first-order valence-corrected chi connectivity index (χ1v) is 5.94. The van der Waals surface area contributed by atoms with Gasteiger partial charge in [0, 0.05) is 19.1 Å². The number of hydrogen-bond donors (Lipinski definition) is 1. The monoisotopic (exact) mass is 200 g/mol. The fourth-order valence-corrected chi connectivity index (χ4v) is 2.52. The molecule has 0 aromatic carbocycles. The average molecular weight is 200 g/mol. The van der Waals surface area contributed by atoms with Crippen molar-refractivity contribution < 1.29 is 4.39 Å². The lowest BCUT2D eigenvalue weighted by atomic mass is 10.2. The number of hydrogen-bond acceptors (Lipinski definition) is 2. The summed E-state index contributed by atoms with van der Waals surface area (Å²) in [5.41, 5.74) is 0. The smallest absolute Gasteiger partial charge is 0.101 e. The number of nitrogens with one attached hydrogen (secondary N) is 1. The van der Waals surface area contributed by atoms with Crippen LogP contribution in [0.2, 0.25) is 0 Å². The van der Waals surface area contributed by atoms with Gasteiger partial charge >= 0.3 is 0 Å². The number of halogens is 1. The third kappa shape index (κ3) is 2.92. The molecule has 2 heterocycles. The van der Waals surface area contributed by atoms with Crippen LogP contribution in [0.5, 0.6) is 0 Å². The van der Waals surface area contributed by atoms with Gasteiger partial charge in [-0.25, -0.2) is 4.39 Å². The number of alkyl halides is 1. The second kappa shape index (κ2) is 5.08. The van der Waals surface area contributed by atoms with E-state index in [0.29, 0.717) is 6.04 Å². The SMILES string of the molecule is FC1CCCN(CC2CCCN2)CC1. The quantitative estimate of drug-likeness (QED) is 0.728. The van der Waals surface area contributed by atoms with E-state index < -0.39 is 6.17 Å². The minimum atomic E-state index is -0.545. The molecule has 14 heavy (non-hydrogen) atoms. The largest absolute Gasteiger partial charge is 0.313 e. The van der Waals surface area contributed by atoms with E-state index in [2.05, 4.69) is 10.2 Å². The molecule has 0 radical (unpaired) electrons. The Labute approximate surface area is 85.9 Å². The van der Waals surface area contributed by atoms with E-state index in [1.165, 1.54) is 19.4 Å². The van der Waals surface area contributed by atoms with Crippen molar-refractivity contribution in [2.24, 2.45) is 0 Å². The van der Waals surface area contributed by atoms with Crippen LogP contribution in [0.15, 0.2) is 0 Å². The first-order valence-electron chi connectivity index (χ1n) is 5.94. The van der Waals surface area contributed by atoms with Crippen LogP contribution in [0, 0.1) is 0 Å². The van der Waals surface area contributed by atoms with Gasteiger partial charge < -0.3 is 10.2 Å². The number of rotatable bonds is 2. The Bertz CT molecular complexity index is 169. The van der Waals surface area contributed by atoms with E-state index in [1.54, 1.807) is 0 Å². The van der Waals surface area contributed by atoms with E-state index >= 15 is 0 Å². The van der Waals surface area contributed by atoms with Crippen molar-refractivity contribution in [2.45, 2.75) is 44.3 Å². The molecule has 0 aliphatic carbocycles. The summed E-state index contributed by atoms with van der Waals surface area (Å²) in [7, 11) is 0. The van der Waals surface area contributed by atoms with Gasteiger partial charge in [0.25, 0.3) is 0 Å². The molecule has 2 aliphatic rings. The molecule has 82 valence electrons. The normalized spacial score (nSPS) is 35.8. The van der Waals surface area contributed by atoms with E-state index in [4.69, 9.17) is 0 Å². The number of likely N-dealkylation sites (tertiary alicyclic amines) is 1. The molecule has 2 nitrogen and oxygen atoms in total. The van der Waals surface area contributed by atoms with Gasteiger partial charge in [-0.05, 0) is 45.2 Å². The molecule has 2 atom stereocenters. The maximum absolute atomic E-state index is 13.1. The summed E-state index contributed by atoms with van der Waals surface area (Å²) in [5.74, 6) is 0. The summed E-state index contributed by atoms with van der Waals surface area (Å²) >= 11 is 0. The molecule has 2 aliphatic heterocycles. The van der Waals surface area contributed by atoms with Crippen LogP contribution in [0.4, 0.5) is 4.39 Å². The fourth-order valence-electron chi connectivity index (χ4n) is 2.52. The van der Waals surface area contributed by atoms with Gasteiger partial charge in [-0.3, -0.25) is 0 Å². The van der Waals surface area contributed by atoms with Crippen LogP contribution in [0.3, 0.4) is 0 Å². The van der Waals surface area contributed by atoms with E-state index in [-0.39, 0.29) is 0 Å². The molecule has 2 fully saturated rings. The molecule has 0 aromatic heterocycles. The van der Waals surface area contributed by atoms with Crippen molar-refractivity contribution in [3.05, 3.63) is 0 Å². The molecule has 3 heteroatoms. The highest BCUT2D eigenvalue weighted by molar-refractivity contribution is 4.79. The average Bonchev–Trinajstić information content (AvgIpc) is 2.58. The van der Waals surface area contributed by atoms with Crippen molar-refractivity contribution in [1.29, 1.82) is 0 Å². The summed E-state index contributed by atoms with van der Waals surface area (Å²) in [6.45, 7) is 4.36. The molecule has 0 spiro atoms. The zero-order chi connectivity index (χ0) is 9.80. The van der Waals surface area contributed by atoms with Gasteiger partial charge in [-0.2, -0.15) is 0 Å². The minimum absolute atomic E-state index is 0.545. The summed E-state index contributed by atoms with van der Waals surface area (Å²) < 4.78 is 13.1. The maximum Gasteiger partial charge on any atom is 0.101 e. The highest BCUT2D eigenvalue weighted by Gasteiger charge is 2.20. The fraction of sp³-hybridized carbons (Fsp3) is 1.00. The molecule has 2 saturated heterocycles. The highest BCUT2D eigenvalue weighted by atomic mass is 19.1. The Kier molecular flexibility index (Phi) is 3.76. The van der Waals surface area contributed by atoms with Crippen LogP contribution in [0.1, 0.15) is 32.1 Å². The maximum atomic E-state index is 13.1. The van der Waals surface area contributed by atoms with Gasteiger partial charge in [0.05, 0.1) is 0 Å². The lowest BCUT2D eigenvalue weighted by molar-refractivity contribution is 0.245. The lowest BCUT2D eigenvalue weighted by Gasteiger charge is -2.23. The standard InChI is InChI=1S/C11H21FN2/c12-10-3-2-7-14(8-5-10)9-11-4-1-6-13-11/h10-11,13H,1-9H2. The van der Waals surface area contributed by atoms with Gasteiger partial charge in [-0.1, -0.05) is 0 Å². The summed E-state index contributed by atoms with van der Waals surface area (Å²) in [5, 5.41) is 3.50. The summed E-state index contributed by atoms with van der Waals surface area (Å²) in [4.78, 5) is 2.43. The van der Waals surface area contributed by atoms with Crippen LogP contribution in [0.25, 0.3) is 0 Å². The van der Waals surface area contributed by atoms with Gasteiger partial charge in [-0.15, -0.1) is 0 Å². The van der Waals surface area contributed by atoms with Crippen LogP contribution < -0.4 is 5.32 Å². The summed E-state index contributed by atoms with van der Waals surface area (Å²) in [6.07, 6.45) is 4.62. The van der Waals surface area contributed by atoms with Crippen molar-refractivity contribution in [3.63, 3.8) is 0 Å². The molecule has 2 unspecified atom stereocenters. The van der Waals surface area contributed by atoms with Crippen molar-refractivity contribution in [2.75, 3.05) is 26.2 Å². The van der Waals surface area contributed by atoms with Crippen molar-refractivity contribution >= 4 is 0 Å². The van der Waals surface area contributed by atoms with Crippen LogP contribution in [-0.2, 0) is 0 Å². The summed E-state index contributed by atoms with van der Waals surface area (Å²) in [6, 6.07) is 0.672. The van der Waals surface area contributed by atoms with E-state index in [9.17, 15) is 4.39 Å². The predicted molar refractivity (Wildman–Crippen MR) is 56.2 cm³/mol. The van der Waals surface area contributed by atoms with E-state index in [1.807, 2.05) is 0 Å². The van der Waals surface area contributed by atoms with E-state index in [0.717, 1.165) is 38.9 Å². The molecule has 0 aromatic rings. The zero-order valence-electron chi connectivity index (χ0n) is 8.84. The second-order valence-corrected chi connectivity index (χ2v) is 4.62. The molecule has 2 rings (SSSR count). The molecular weight excluding hydrogens is 179 g/mol. The predicted octanol–water partition coefficient (Wildman–Crippen LogP) is 1.56. The van der Waals surface area contributed by atoms with Crippen molar-refractivity contribution in [1.82, 2.24) is 10.2 Å². The lowest BCUT2D eigenvalue weighted by Crippen LogP contribution is -2.38. The second-order valence-electron chi connectivity index (χ2n) is 4.62. The molecule has 1 N–H and O–H groups in total. The van der Waals surface area contributed by atoms with Crippen molar-refractivity contribution in [3.8, 4) is 0 Å². The Hall–Kier alpha value is -0.150. The van der Waals surface area contributed by atoms with Gasteiger partial charge in [0.1, 0.15) is 6.17 Å².